The van der Waals surface area contributed by atoms with Crippen LogP contribution in [-0.2, 0) is 0 Å². The largest absolute Gasteiger partial charge is 0.456 e. The summed E-state index contributed by atoms with van der Waals surface area (Å²) in [5.41, 5.74) is 12.2. The molecule has 2 heteroatoms. The van der Waals surface area contributed by atoms with Crippen molar-refractivity contribution in [2.45, 2.75) is 0 Å². The topological polar surface area (TPSA) is 16.4 Å². The van der Waals surface area contributed by atoms with Crippen molar-refractivity contribution in [3.05, 3.63) is 188 Å². The van der Waals surface area contributed by atoms with Crippen molar-refractivity contribution in [3.63, 3.8) is 0 Å². The monoisotopic (exact) mass is 613 g/mol. The highest BCUT2D eigenvalue weighted by molar-refractivity contribution is 6.23. The van der Waals surface area contributed by atoms with E-state index in [0.717, 1.165) is 50.1 Å². The Hall–Kier alpha value is -6.38. The molecule has 0 radical (unpaired) electrons. The minimum absolute atomic E-state index is 0.896. The Morgan fingerprint density at radius 2 is 0.875 bits per heavy atom. The Balaban J connectivity index is 1.18. The first-order chi connectivity index (χ1) is 23.8. The summed E-state index contributed by atoms with van der Waals surface area (Å²) in [4.78, 5) is 2.32. The lowest BCUT2D eigenvalue weighted by atomic mass is 9.94. The van der Waals surface area contributed by atoms with Gasteiger partial charge in [0.15, 0.2) is 0 Å². The van der Waals surface area contributed by atoms with Crippen molar-refractivity contribution in [3.8, 4) is 33.4 Å². The molecular weight excluding hydrogens is 583 g/mol. The number of fused-ring (bicyclic) bond motifs is 5. The predicted octanol–water partition coefficient (Wildman–Crippen LogP) is 13.2. The molecule has 8 aromatic carbocycles. The van der Waals surface area contributed by atoms with Crippen LogP contribution in [0.5, 0.6) is 0 Å². The zero-order valence-corrected chi connectivity index (χ0v) is 26.3. The average molecular weight is 614 g/mol. The zero-order valence-electron chi connectivity index (χ0n) is 26.3. The van der Waals surface area contributed by atoms with Crippen molar-refractivity contribution in [2.75, 3.05) is 4.90 Å². The molecule has 9 aromatic rings. The fraction of sp³-hybridized carbons (Fsp3) is 0. The van der Waals surface area contributed by atoms with Gasteiger partial charge in [0.25, 0.3) is 0 Å². The van der Waals surface area contributed by atoms with E-state index in [2.05, 4.69) is 193 Å². The van der Waals surface area contributed by atoms with Crippen LogP contribution in [0.25, 0.3) is 66.1 Å². The maximum absolute atomic E-state index is 6.49. The maximum Gasteiger partial charge on any atom is 0.136 e. The number of hydrogen-bond acceptors (Lipinski definition) is 2. The Labute approximate surface area is 279 Å². The van der Waals surface area contributed by atoms with Crippen LogP contribution >= 0.6 is 0 Å². The molecule has 0 N–H and O–H groups in total. The molecule has 0 unspecified atom stereocenters. The van der Waals surface area contributed by atoms with E-state index in [1.54, 1.807) is 0 Å². The normalized spacial score (nSPS) is 11.3. The van der Waals surface area contributed by atoms with Crippen molar-refractivity contribution in [1.29, 1.82) is 0 Å². The smallest absolute Gasteiger partial charge is 0.136 e. The van der Waals surface area contributed by atoms with Gasteiger partial charge in [0.2, 0.25) is 0 Å². The van der Waals surface area contributed by atoms with Crippen molar-refractivity contribution < 1.29 is 4.42 Å². The van der Waals surface area contributed by atoms with E-state index in [-0.39, 0.29) is 0 Å². The Bertz CT molecular complexity index is 2530. The minimum Gasteiger partial charge on any atom is -0.456 e. The fourth-order valence-electron chi connectivity index (χ4n) is 6.96. The average Bonchev–Trinajstić information content (AvgIpc) is 3.56. The van der Waals surface area contributed by atoms with Crippen molar-refractivity contribution in [2.24, 2.45) is 0 Å². The Morgan fingerprint density at radius 1 is 0.333 bits per heavy atom. The number of anilines is 3. The molecule has 1 aromatic heterocycles. The summed E-state index contributed by atoms with van der Waals surface area (Å²) >= 11 is 0. The lowest BCUT2D eigenvalue weighted by Gasteiger charge is -2.26. The van der Waals surface area contributed by atoms with Crippen LogP contribution in [0, 0.1) is 0 Å². The van der Waals surface area contributed by atoms with E-state index in [0.29, 0.717) is 0 Å². The zero-order chi connectivity index (χ0) is 31.9. The van der Waals surface area contributed by atoms with E-state index in [1.165, 1.54) is 33.0 Å². The summed E-state index contributed by atoms with van der Waals surface area (Å²) in [5, 5.41) is 4.70. The number of benzene rings is 8. The summed E-state index contributed by atoms with van der Waals surface area (Å²) in [7, 11) is 0. The number of hydrogen-bond donors (Lipinski definition) is 0. The first-order valence-corrected chi connectivity index (χ1v) is 16.3. The van der Waals surface area contributed by atoms with Crippen LogP contribution in [0.4, 0.5) is 17.1 Å². The van der Waals surface area contributed by atoms with Crippen LogP contribution in [0.3, 0.4) is 0 Å². The van der Waals surface area contributed by atoms with Gasteiger partial charge in [0.1, 0.15) is 11.2 Å². The summed E-state index contributed by atoms with van der Waals surface area (Å²) in [6.07, 6.45) is 0. The molecule has 0 bridgehead atoms. The predicted molar refractivity (Wildman–Crippen MR) is 202 cm³/mol. The molecule has 0 atom stereocenters. The van der Waals surface area contributed by atoms with Gasteiger partial charge in [-0.05, 0) is 98.8 Å². The second kappa shape index (κ2) is 11.8. The summed E-state index contributed by atoms with van der Waals surface area (Å²) in [6, 6.07) is 66.8. The second-order valence-electron chi connectivity index (χ2n) is 12.2. The number of nitrogens with zero attached hydrogens (tertiary/aromatic N) is 1. The van der Waals surface area contributed by atoms with E-state index >= 15 is 0 Å². The third-order valence-corrected chi connectivity index (χ3v) is 9.25. The minimum atomic E-state index is 0.896. The van der Waals surface area contributed by atoms with Crippen LogP contribution in [0.15, 0.2) is 192 Å². The molecule has 0 aliphatic heterocycles. The SMILES string of the molecule is c1ccc(-c2cccc(N(c3ccccc3)c3ccc(-c4cccc5oc6ccc7ccc(-c8ccccc8)cc7c6c45)cc3)c2)cc1. The molecule has 0 amide bonds. The van der Waals surface area contributed by atoms with Gasteiger partial charge in [-0.1, -0.05) is 133 Å². The number of para-hydroxylation sites is 1. The van der Waals surface area contributed by atoms with Gasteiger partial charge in [-0.2, -0.15) is 0 Å². The first-order valence-electron chi connectivity index (χ1n) is 16.3. The standard InChI is InChI=1S/C46H31NO/c1-4-12-32(13-5-1)36-16-10-19-40(30-36)47(38-17-8-3-9-18-38)39-27-24-34(25-28-39)41-20-11-21-43-45(41)46-42-31-37(33-14-6-2-7-15-33)23-22-35(42)26-29-44(46)48-43/h1-31H. The molecule has 0 saturated carbocycles. The molecular formula is C46H31NO. The van der Waals surface area contributed by atoms with Gasteiger partial charge >= 0.3 is 0 Å². The van der Waals surface area contributed by atoms with Gasteiger partial charge in [-0.15, -0.1) is 0 Å². The van der Waals surface area contributed by atoms with Crippen molar-refractivity contribution in [1.82, 2.24) is 0 Å². The summed E-state index contributed by atoms with van der Waals surface area (Å²) in [6.45, 7) is 0. The molecule has 0 fully saturated rings. The fourth-order valence-corrected chi connectivity index (χ4v) is 6.96. The maximum atomic E-state index is 6.49. The molecule has 0 saturated heterocycles. The van der Waals surface area contributed by atoms with E-state index < -0.39 is 0 Å². The molecule has 48 heavy (non-hydrogen) atoms. The van der Waals surface area contributed by atoms with Gasteiger partial charge < -0.3 is 9.32 Å². The second-order valence-corrected chi connectivity index (χ2v) is 12.2. The van der Waals surface area contributed by atoms with Gasteiger partial charge in [0.05, 0.1) is 0 Å². The Kier molecular flexibility index (Phi) is 6.84. The first kappa shape index (κ1) is 27.9. The third kappa shape index (κ3) is 4.92. The summed E-state index contributed by atoms with van der Waals surface area (Å²) in [5.74, 6) is 0. The highest BCUT2D eigenvalue weighted by Crippen LogP contribution is 2.42. The number of furan rings is 1. The molecule has 0 aliphatic rings. The lowest BCUT2D eigenvalue weighted by molar-refractivity contribution is 0.669. The Morgan fingerprint density at radius 3 is 1.60 bits per heavy atom. The van der Waals surface area contributed by atoms with Crippen LogP contribution in [-0.4, -0.2) is 0 Å². The van der Waals surface area contributed by atoms with Gasteiger partial charge in [0, 0.05) is 27.8 Å². The molecule has 226 valence electrons. The number of rotatable bonds is 6. The highest BCUT2D eigenvalue weighted by atomic mass is 16.3. The van der Waals surface area contributed by atoms with Crippen molar-refractivity contribution >= 4 is 49.8 Å². The van der Waals surface area contributed by atoms with Gasteiger partial charge in [-0.25, -0.2) is 0 Å². The quantitative estimate of drug-likeness (QED) is 0.185. The molecule has 9 rings (SSSR count). The van der Waals surface area contributed by atoms with E-state index in [1.807, 2.05) is 0 Å². The van der Waals surface area contributed by atoms with Gasteiger partial charge in [-0.3, -0.25) is 0 Å². The summed E-state index contributed by atoms with van der Waals surface area (Å²) < 4.78 is 6.49. The molecule has 1 heterocycles. The van der Waals surface area contributed by atoms with E-state index in [9.17, 15) is 0 Å². The molecule has 0 aliphatic carbocycles. The molecule has 0 spiro atoms. The van der Waals surface area contributed by atoms with E-state index in [4.69, 9.17) is 4.42 Å². The van der Waals surface area contributed by atoms with Crippen LogP contribution < -0.4 is 4.90 Å². The highest BCUT2D eigenvalue weighted by Gasteiger charge is 2.17. The lowest BCUT2D eigenvalue weighted by Crippen LogP contribution is -2.09. The third-order valence-electron chi connectivity index (χ3n) is 9.25. The van der Waals surface area contributed by atoms with Crippen LogP contribution in [0.2, 0.25) is 0 Å². The molecule has 2 nitrogen and oxygen atoms in total. The van der Waals surface area contributed by atoms with Crippen LogP contribution in [0.1, 0.15) is 0 Å².